The van der Waals surface area contributed by atoms with Crippen LogP contribution in [-0.4, -0.2) is 27.0 Å². The van der Waals surface area contributed by atoms with Gasteiger partial charge in [0.05, 0.1) is 16.4 Å². The van der Waals surface area contributed by atoms with Gasteiger partial charge in [0.1, 0.15) is 12.1 Å². The molecule has 0 saturated carbocycles. The maximum atomic E-state index is 12.0. The molecule has 0 spiro atoms. The Bertz CT molecular complexity index is 938. The van der Waals surface area contributed by atoms with Gasteiger partial charge in [-0.25, -0.2) is 9.97 Å². The summed E-state index contributed by atoms with van der Waals surface area (Å²) in [5.41, 5.74) is 9.10. The van der Waals surface area contributed by atoms with Crippen molar-refractivity contribution in [3.05, 3.63) is 70.9 Å². The molecule has 140 valence electrons. The molecule has 2 aromatic heterocycles. The Hall–Kier alpha value is -2.86. The molecule has 0 aliphatic heterocycles. The summed E-state index contributed by atoms with van der Waals surface area (Å²) >= 11 is 6.00. The van der Waals surface area contributed by atoms with E-state index >= 15 is 0 Å². The summed E-state index contributed by atoms with van der Waals surface area (Å²) in [4.78, 5) is 20.9. The molecule has 6 nitrogen and oxygen atoms in total. The lowest BCUT2D eigenvalue weighted by molar-refractivity contribution is -0.121. The number of carbonyl (C=O) groups excluding carboxylic acids is 1. The van der Waals surface area contributed by atoms with Gasteiger partial charge < -0.3 is 11.1 Å². The van der Waals surface area contributed by atoms with E-state index in [4.69, 9.17) is 17.3 Å². The molecule has 0 radical (unpaired) electrons. The maximum absolute atomic E-state index is 12.0. The van der Waals surface area contributed by atoms with Crippen molar-refractivity contribution in [2.45, 2.75) is 26.2 Å². The molecule has 7 heteroatoms. The summed E-state index contributed by atoms with van der Waals surface area (Å²) < 4.78 is 1.88. The summed E-state index contributed by atoms with van der Waals surface area (Å²) in [5.74, 6) is 0.823. The number of nitrogens with one attached hydrogen (secondary N) is 1. The van der Waals surface area contributed by atoms with E-state index in [1.54, 1.807) is 18.5 Å². The van der Waals surface area contributed by atoms with Crippen molar-refractivity contribution in [3.8, 4) is 5.82 Å². The average molecular weight is 384 g/mol. The maximum Gasteiger partial charge on any atom is 0.220 e. The largest absolute Gasteiger partial charge is 0.398 e. The highest BCUT2D eigenvalue weighted by molar-refractivity contribution is 6.33. The fourth-order valence-corrected chi connectivity index (χ4v) is 2.90. The van der Waals surface area contributed by atoms with E-state index in [0.717, 1.165) is 22.8 Å². The zero-order valence-corrected chi connectivity index (χ0v) is 15.9. The predicted octanol–water partition coefficient (Wildman–Crippen LogP) is 3.10. The second-order valence-electron chi connectivity index (χ2n) is 6.37. The first-order valence-electron chi connectivity index (χ1n) is 8.79. The SMILES string of the molecule is Cc1cn(-c2cccc(CCNC(=O)CCc3ccc(N)c(Cl)c3)n2)cn1. The molecule has 2 heterocycles. The van der Waals surface area contributed by atoms with Gasteiger partial charge in [0, 0.05) is 31.3 Å². The Balaban J connectivity index is 1.46. The second-order valence-corrected chi connectivity index (χ2v) is 6.77. The first kappa shape index (κ1) is 18.9. The highest BCUT2D eigenvalue weighted by Gasteiger charge is 2.05. The number of anilines is 1. The van der Waals surface area contributed by atoms with Crippen LogP contribution in [0.25, 0.3) is 5.82 Å². The van der Waals surface area contributed by atoms with Gasteiger partial charge in [-0.1, -0.05) is 23.7 Å². The van der Waals surface area contributed by atoms with Gasteiger partial charge in [-0.05, 0) is 43.2 Å². The van der Waals surface area contributed by atoms with Gasteiger partial charge in [-0.15, -0.1) is 0 Å². The van der Waals surface area contributed by atoms with Crippen LogP contribution in [0.5, 0.6) is 0 Å². The zero-order valence-electron chi connectivity index (χ0n) is 15.2. The van der Waals surface area contributed by atoms with Gasteiger partial charge >= 0.3 is 0 Å². The third-order valence-electron chi connectivity index (χ3n) is 4.18. The lowest BCUT2D eigenvalue weighted by Crippen LogP contribution is -2.26. The van der Waals surface area contributed by atoms with Crippen LogP contribution in [-0.2, 0) is 17.6 Å². The molecular weight excluding hydrogens is 362 g/mol. The predicted molar refractivity (Wildman–Crippen MR) is 107 cm³/mol. The third-order valence-corrected chi connectivity index (χ3v) is 4.50. The fraction of sp³-hybridized carbons (Fsp3) is 0.250. The van der Waals surface area contributed by atoms with E-state index in [1.165, 1.54) is 0 Å². The van der Waals surface area contributed by atoms with Crippen molar-refractivity contribution in [1.82, 2.24) is 19.9 Å². The van der Waals surface area contributed by atoms with Crippen LogP contribution in [0.2, 0.25) is 5.02 Å². The van der Waals surface area contributed by atoms with Crippen molar-refractivity contribution in [2.24, 2.45) is 0 Å². The summed E-state index contributed by atoms with van der Waals surface area (Å²) in [7, 11) is 0. The molecular formula is C20H22ClN5O. The summed E-state index contributed by atoms with van der Waals surface area (Å²) in [6.45, 7) is 2.48. The van der Waals surface area contributed by atoms with E-state index in [2.05, 4.69) is 15.3 Å². The molecule has 0 bridgehead atoms. The highest BCUT2D eigenvalue weighted by atomic mass is 35.5. The van der Waals surface area contributed by atoms with E-state index in [1.807, 2.05) is 42.0 Å². The molecule has 0 saturated heterocycles. The van der Waals surface area contributed by atoms with E-state index < -0.39 is 0 Å². The Morgan fingerprint density at radius 2 is 2.11 bits per heavy atom. The van der Waals surface area contributed by atoms with Gasteiger partial charge in [0.25, 0.3) is 0 Å². The molecule has 0 aliphatic carbocycles. The minimum atomic E-state index is 0.00402. The molecule has 3 aromatic rings. The third kappa shape index (κ3) is 5.31. The number of rotatable bonds is 7. The van der Waals surface area contributed by atoms with Crippen molar-refractivity contribution < 1.29 is 4.79 Å². The molecule has 0 atom stereocenters. The van der Waals surface area contributed by atoms with Crippen LogP contribution < -0.4 is 11.1 Å². The number of hydrogen-bond acceptors (Lipinski definition) is 4. The number of nitrogens with zero attached hydrogens (tertiary/aromatic N) is 3. The minimum Gasteiger partial charge on any atom is -0.398 e. The number of hydrogen-bond donors (Lipinski definition) is 2. The van der Waals surface area contributed by atoms with E-state index in [0.29, 0.717) is 36.5 Å². The fourth-order valence-electron chi connectivity index (χ4n) is 2.70. The Morgan fingerprint density at radius 1 is 1.26 bits per heavy atom. The Kier molecular flexibility index (Phi) is 6.08. The topological polar surface area (TPSA) is 85.8 Å². The van der Waals surface area contributed by atoms with Crippen molar-refractivity contribution in [3.63, 3.8) is 0 Å². The summed E-state index contributed by atoms with van der Waals surface area (Å²) in [6, 6.07) is 11.3. The Morgan fingerprint density at radius 3 is 2.85 bits per heavy atom. The van der Waals surface area contributed by atoms with Gasteiger partial charge in [0.15, 0.2) is 0 Å². The minimum absolute atomic E-state index is 0.00402. The van der Waals surface area contributed by atoms with Crippen LogP contribution in [0.3, 0.4) is 0 Å². The number of nitrogens with two attached hydrogens (primary N) is 1. The van der Waals surface area contributed by atoms with Crippen LogP contribution in [0.4, 0.5) is 5.69 Å². The smallest absolute Gasteiger partial charge is 0.220 e. The van der Waals surface area contributed by atoms with Crippen LogP contribution in [0.15, 0.2) is 48.9 Å². The summed E-state index contributed by atoms with van der Waals surface area (Å²) in [6.07, 6.45) is 5.37. The number of aromatic nitrogens is 3. The number of amides is 1. The van der Waals surface area contributed by atoms with Gasteiger partial charge in [0.2, 0.25) is 5.91 Å². The molecule has 3 rings (SSSR count). The molecule has 27 heavy (non-hydrogen) atoms. The normalized spacial score (nSPS) is 10.7. The zero-order chi connectivity index (χ0) is 19.2. The number of aryl methyl sites for hydroxylation is 2. The summed E-state index contributed by atoms with van der Waals surface area (Å²) in [5, 5.41) is 3.46. The number of benzene rings is 1. The monoisotopic (exact) mass is 383 g/mol. The second kappa shape index (κ2) is 8.68. The molecule has 0 fully saturated rings. The standard InChI is InChI=1S/C20H22ClN5O/c1-14-12-26(13-24-14)19-4-2-3-16(25-19)9-10-23-20(27)8-6-15-5-7-18(22)17(21)11-15/h2-5,7,11-13H,6,8-10,22H2,1H3,(H,23,27). The lowest BCUT2D eigenvalue weighted by atomic mass is 10.1. The van der Waals surface area contributed by atoms with Gasteiger partial charge in [-0.2, -0.15) is 0 Å². The number of imidazole rings is 1. The number of pyridine rings is 1. The first-order valence-corrected chi connectivity index (χ1v) is 9.16. The molecule has 1 aromatic carbocycles. The molecule has 0 aliphatic rings. The quantitative estimate of drug-likeness (QED) is 0.614. The van der Waals surface area contributed by atoms with E-state index in [9.17, 15) is 4.79 Å². The van der Waals surface area contributed by atoms with Crippen molar-refractivity contribution >= 4 is 23.2 Å². The van der Waals surface area contributed by atoms with Crippen molar-refractivity contribution in [2.75, 3.05) is 12.3 Å². The van der Waals surface area contributed by atoms with Crippen molar-refractivity contribution in [1.29, 1.82) is 0 Å². The van der Waals surface area contributed by atoms with Crippen LogP contribution >= 0.6 is 11.6 Å². The lowest BCUT2D eigenvalue weighted by Gasteiger charge is -2.07. The first-order chi connectivity index (χ1) is 13.0. The highest BCUT2D eigenvalue weighted by Crippen LogP contribution is 2.20. The molecule has 3 N–H and O–H groups in total. The number of nitrogen functional groups attached to an aromatic ring is 1. The van der Waals surface area contributed by atoms with Crippen LogP contribution in [0, 0.1) is 6.92 Å². The number of carbonyl (C=O) groups is 1. The average Bonchev–Trinajstić information content (AvgIpc) is 3.09. The number of halogens is 1. The van der Waals surface area contributed by atoms with E-state index in [-0.39, 0.29) is 5.91 Å². The van der Waals surface area contributed by atoms with Gasteiger partial charge in [-0.3, -0.25) is 9.36 Å². The molecule has 0 unspecified atom stereocenters. The van der Waals surface area contributed by atoms with Crippen LogP contribution in [0.1, 0.15) is 23.4 Å². The molecule has 1 amide bonds. The Labute approximate surface area is 163 Å².